The maximum Gasteiger partial charge on any atom is 0.311 e. The second-order valence-corrected chi connectivity index (χ2v) is 5.94. The Labute approximate surface area is 108 Å². The van der Waals surface area contributed by atoms with E-state index in [0.29, 0.717) is 31.3 Å². The molecule has 102 valence electrons. The summed E-state index contributed by atoms with van der Waals surface area (Å²) >= 11 is 0. The third kappa shape index (κ3) is 2.86. The minimum atomic E-state index is -0.0688. The van der Waals surface area contributed by atoms with Crippen LogP contribution in [-0.2, 0) is 19.0 Å². The third-order valence-electron chi connectivity index (χ3n) is 4.41. The first-order chi connectivity index (χ1) is 8.72. The SMILES string of the molecule is CC1CCC(C(=O)OCC2CCC3OC3C2)CO1. The van der Waals surface area contributed by atoms with Crippen molar-refractivity contribution in [2.75, 3.05) is 13.2 Å². The van der Waals surface area contributed by atoms with Crippen molar-refractivity contribution < 1.29 is 19.0 Å². The topological polar surface area (TPSA) is 48.1 Å². The average molecular weight is 254 g/mol. The zero-order chi connectivity index (χ0) is 12.5. The molecule has 2 saturated heterocycles. The monoisotopic (exact) mass is 254 g/mol. The Morgan fingerprint density at radius 2 is 2.11 bits per heavy atom. The fourth-order valence-electron chi connectivity index (χ4n) is 3.02. The smallest absolute Gasteiger partial charge is 0.311 e. The van der Waals surface area contributed by atoms with Crippen LogP contribution < -0.4 is 0 Å². The summed E-state index contributed by atoms with van der Waals surface area (Å²) in [5.74, 6) is 0.386. The van der Waals surface area contributed by atoms with Gasteiger partial charge in [0.25, 0.3) is 0 Å². The molecule has 0 bridgehead atoms. The van der Waals surface area contributed by atoms with Crippen LogP contribution in [0.2, 0.25) is 0 Å². The quantitative estimate of drug-likeness (QED) is 0.570. The number of rotatable bonds is 3. The number of esters is 1. The van der Waals surface area contributed by atoms with Crippen molar-refractivity contribution in [3.63, 3.8) is 0 Å². The minimum Gasteiger partial charge on any atom is -0.465 e. The number of carbonyl (C=O) groups is 1. The molecule has 18 heavy (non-hydrogen) atoms. The molecule has 5 atom stereocenters. The van der Waals surface area contributed by atoms with Gasteiger partial charge in [0.1, 0.15) is 0 Å². The number of epoxide rings is 1. The fraction of sp³-hybridized carbons (Fsp3) is 0.929. The molecule has 3 aliphatic rings. The molecule has 0 aromatic heterocycles. The highest BCUT2D eigenvalue weighted by molar-refractivity contribution is 5.72. The highest BCUT2D eigenvalue weighted by Gasteiger charge is 2.44. The van der Waals surface area contributed by atoms with E-state index in [2.05, 4.69) is 6.92 Å². The van der Waals surface area contributed by atoms with Gasteiger partial charge >= 0.3 is 5.97 Å². The molecular weight excluding hydrogens is 232 g/mol. The van der Waals surface area contributed by atoms with Gasteiger partial charge in [-0.25, -0.2) is 0 Å². The Balaban J connectivity index is 1.38. The lowest BCUT2D eigenvalue weighted by molar-refractivity contribution is -0.156. The Kier molecular flexibility index (Phi) is 3.57. The van der Waals surface area contributed by atoms with Crippen molar-refractivity contribution in [3.8, 4) is 0 Å². The first kappa shape index (κ1) is 12.4. The van der Waals surface area contributed by atoms with Gasteiger partial charge in [0, 0.05) is 0 Å². The number of hydrogen-bond acceptors (Lipinski definition) is 4. The third-order valence-corrected chi connectivity index (χ3v) is 4.41. The zero-order valence-electron chi connectivity index (χ0n) is 11.0. The molecule has 2 aliphatic heterocycles. The van der Waals surface area contributed by atoms with Crippen LogP contribution in [0, 0.1) is 11.8 Å². The van der Waals surface area contributed by atoms with Gasteiger partial charge < -0.3 is 14.2 Å². The Bertz CT molecular complexity index is 309. The van der Waals surface area contributed by atoms with E-state index in [1.165, 1.54) is 0 Å². The van der Waals surface area contributed by atoms with E-state index in [-0.39, 0.29) is 18.0 Å². The lowest BCUT2D eigenvalue weighted by Gasteiger charge is -2.26. The van der Waals surface area contributed by atoms with Crippen LogP contribution in [-0.4, -0.2) is 37.5 Å². The van der Waals surface area contributed by atoms with Crippen LogP contribution in [0.1, 0.15) is 39.0 Å². The summed E-state index contributed by atoms with van der Waals surface area (Å²) in [4.78, 5) is 11.9. The summed E-state index contributed by atoms with van der Waals surface area (Å²) in [6, 6.07) is 0. The van der Waals surface area contributed by atoms with E-state index in [4.69, 9.17) is 14.2 Å². The molecule has 2 heterocycles. The zero-order valence-corrected chi connectivity index (χ0v) is 11.0. The van der Waals surface area contributed by atoms with E-state index in [1.54, 1.807) is 0 Å². The second-order valence-electron chi connectivity index (χ2n) is 5.94. The van der Waals surface area contributed by atoms with Crippen molar-refractivity contribution in [3.05, 3.63) is 0 Å². The number of hydrogen-bond donors (Lipinski definition) is 0. The molecule has 3 rings (SSSR count). The molecule has 1 aliphatic carbocycles. The van der Waals surface area contributed by atoms with Crippen molar-refractivity contribution >= 4 is 5.97 Å². The van der Waals surface area contributed by atoms with E-state index < -0.39 is 0 Å². The molecule has 3 fully saturated rings. The van der Waals surface area contributed by atoms with E-state index in [0.717, 1.165) is 32.1 Å². The lowest BCUT2D eigenvalue weighted by atomic mass is 9.90. The average Bonchev–Trinajstić information content (AvgIpc) is 3.15. The molecule has 5 unspecified atom stereocenters. The molecular formula is C14H22O4. The predicted molar refractivity (Wildman–Crippen MR) is 65.1 cm³/mol. The van der Waals surface area contributed by atoms with Crippen LogP contribution in [0.15, 0.2) is 0 Å². The standard InChI is InChI=1S/C14H22O4/c1-9-2-4-11(8-16-9)14(15)17-7-10-3-5-12-13(6-10)18-12/h9-13H,2-8H2,1H3. The van der Waals surface area contributed by atoms with Crippen molar-refractivity contribution in [2.24, 2.45) is 11.8 Å². The van der Waals surface area contributed by atoms with Gasteiger partial charge in [-0.15, -0.1) is 0 Å². The number of fused-ring (bicyclic) bond motifs is 1. The molecule has 0 spiro atoms. The van der Waals surface area contributed by atoms with Crippen molar-refractivity contribution in [2.45, 2.75) is 57.3 Å². The first-order valence-electron chi connectivity index (χ1n) is 7.16. The van der Waals surface area contributed by atoms with Crippen LogP contribution >= 0.6 is 0 Å². The maximum atomic E-state index is 11.9. The maximum absolute atomic E-state index is 11.9. The van der Waals surface area contributed by atoms with Gasteiger partial charge in [-0.2, -0.15) is 0 Å². The van der Waals surface area contributed by atoms with E-state index in [9.17, 15) is 4.79 Å². The molecule has 0 aromatic carbocycles. The summed E-state index contributed by atoms with van der Waals surface area (Å²) in [5, 5.41) is 0. The van der Waals surface area contributed by atoms with Gasteiger partial charge in [-0.1, -0.05) is 0 Å². The fourth-order valence-corrected chi connectivity index (χ4v) is 3.02. The van der Waals surface area contributed by atoms with Gasteiger partial charge in [0.15, 0.2) is 0 Å². The normalized spacial score (nSPS) is 43.1. The Morgan fingerprint density at radius 1 is 1.22 bits per heavy atom. The first-order valence-corrected chi connectivity index (χ1v) is 7.16. The summed E-state index contributed by atoms with van der Waals surface area (Å²) < 4.78 is 16.4. The van der Waals surface area contributed by atoms with Gasteiger partial charge in [0.2, 0.25) is 0 Å². The number of ether oxygens (including phenoxy) is 3. The molecule has 4 heteroatoms. The largest absolute Gasteiger partial charge is 0.465 e. The summed E-state index contributed by atoms with van der Waals surface area (Å²) in [6.07, 6.45) is 6.46. The summed E-state index contributed by atoms with van der Waals surface area (Å²) in [6.45, 7) is 3.14. The molecule has 0 N–H and O–H groups in total. The van der Waals surface area contributed by atoms with Crippen LogP contribution in [0.5, 0.6) is 0 Å². The van der Waals surface area contributed by atoms with E-state index >= 15 is 0 Å². The molecule has 0 aromatic rings. The van der Waals surface area contributed by atoms with Crippen LogP contribution in [0.4, 0.5) is 0 Å². The molecule has 0 radical (unpaired) electrons. The van der Waals surface area contributed by atoms with Crippen molar-refractivity contribution in [1.29, 1.82) is 0 Å². The predicted octanol–water partition coefficient (Wildman–Crippen LogP) is 1.91. The summed E-state index contributed by atoms with van der Waals surface area (Å²) in [7, 11) is 0. The van der Waals surface area contributed by atoms with Gasteiger partial charge in [-0.05, 0) is 44.9 Å². The second kappa shape index (κ2) is 5.17. The summed E-state index contributed by atoms with van der Waals surface area (Å²) in [5.41, 5.74) is 0. The van der Waals surface area contributed by atoms with Crippen LogP contribution in [0.3, 0.4) is 0 Å². The van der Waals surface area contributed by atoms with Gasteiger partial charge in [0.05, 0.1) is 37.4 Å². The van der Waals surface area contributed by atoms with Crippen LogP contribution in [0.25, 0.3) is 0 Å². The lowest BCUT2D eigenvalue weighted by Crippen LogP contribution is -2.31. The van der Waals surface area contributed by atoms with Gasteiger partial charge in [-0.3, -0.25) is 4.79 Å². The molecule has 1 saturated carbocycles. The highest BCUT2D eigenvalue weighted by atomic mass is 16.6. The minimum absolute atomic E-state index is 0.0466. The Morgan fingerprint density at radius 3 is 2.83 bits per heavy atom. The Hall–Kier alpha value is -0.610. The number of carbonyl (C=O) groups excluding carboxylic acids is 1. The molecule has 0 amide bonds. The molecule has 4 nitrogen and oxygen atoms in total. The van der Waals surface area contributed by atoms with E-state index in [1.807, 2.05) is 0 Å². The highest BCUT2D eigenvalue weighted by Crippen LogP contribution is 2.39. The van der Waals surface area contributed by atoms with Crippen molar-refractivity contribution in [1.82, 2.24) is 0 Å².